The van der Waals surface area contributed by atoms with Crippen LogP contribution in [0.5, 0.6) is 0 Å². The summed E-state index contributed by atoms with van der Waals surface area (Å²) >= 11 is 0. The molecular formula is C11H13LiN2O3. The number of nitrogens with two attached hydrogens (primary N) is 1. The number of pyridine rings is 1. The molecule has 2 bridgehead atoms. The largest absolute Gasteiger partial charge is 1.00 e. The smallest absolute Gasteiger partial charge is 1.00 e. The van der Waals surface area contributed by atoms with E-state index in [-0.39, 0.29) is 31.9 Å². The van der Waals surface area contributed by atoms with Crippen molar-refractivity contribution >= 4 is 5.97 Å². The van der Waals surface area contributed by atoms with E-state index >= 15 is 0 Å². The number of ether oxygens (including phenoxy) is 1. The van der Waals surface area contributed by atoms with Gasteiger partial charge in [0.1, 0.15) is 5.60 Å². The fourth-order valence-corrected chi connectivity index (χ4v) is 2.39. The molecule has 1 aromatic rings. The molecule has 0 spiro atoms. The molecule has 1 aromatic heterocycles. The number of aromatic nitrogens is 1. The number of carbonyl (C=O) groups is 1. The van der Waals surface area contributed by atoms with E-state index in [1.807, 2.05) is 0 Å². The van der Waals surface area contributed by atoms with Crippen molar-refractivity contribution in [2.45, 2.75) is 24.5 Å². The summed E-state index contributed by atoms with van der Waals surface area (Å²) in [6.45, 7) is 0. The second-order valence-corrected chi connectivity index (χ2v) is 4.59. The van der Waals surface area contributed by atoms with Gasteiger partial charge in [-0.1, -0.05) is 0 Å². The average molecular weight is 228 g/mol. The first-order valence-corrected chi connectivity index (χ1v) is 5.28. The van der Waals surface area contributed by atoms with Gasteiger partial charge < -0.3 is 16.9 Å². The van der Waals surface area contributed by atoms with Crippen LogP contribution in [0, 0.1) is 5.92 Å². The topological polar surface area (TPSA) is 85.2 Å². The standard InChI is InChI=1S/C11H12N2O3.Li.H/c12-9-7-3-11(9,4-7)16-10(15)6-1-2-8(14)13-5-6;;/h1-2,5,7,9H,3-4,12H2,(H,13,14);;/q;+1;-1/t7?,9-,11?;;/m1../s1. The van der Waals surface area contributed by atoms with Gasteiger partial charge in [-0.05, 0) is 24.8 Å². The summed E-state index contributed by atoms with van der Waals surface area (Å²) in [6, 6.07) is 2.76. The van der Waals surface area contributed by atoms with Crippen molar-refractivity contribution < 1.29 is 29.8 Å². The van der Waals surface area contributed by atoms with E-state index < -0.39 is 11.6 Å². The molecule has 86 valence electrons. The van der Waals surface area contributed by atoms with E-state index in [4.69, 9.17) is 10.5 Å². The van der Waals surface area contributed by atoms with Crippen molar-refractivity contribution in [3.63, 3.8) is 0 Å². The van der Waals surface area contributed by atoms with Crippen molar-refractivity contribution in [3.8, 4) is 0 Å². The number of hydrogen-bond acceptors (Lipinski definition) is 4. The van der Waals surface area contributed by atoms with Gasteiger partial charge in [0.25, 0.3) is 0 Å². The molecule has 0 unspecified atom stereocenters. The maximum Gasteiger partial charge on any atom is 1.00 e. The van der Waals surface area contributed by atoms with Crippen LogP contribution < -0.4 is 30.2 Å². The normalized spacial score (nSPS) is 32.8. The Kier molecular flexibility index (Phi) is 2.94. The summed E-state index contributed by atoms with van der Waals surface area (Å²) < 4.78 is 5.39. The second kappa shape index (κ2) is 4.02. The molecule has 0 aliphatic heterocycles. The van der Waals surface area contributed by atoms with Crippen LogP contribution in [0.1, 0.15) is 24.6 Å². The van der Waals surface area contributed by atoms with Crippen LogP contribution in [0.3, 0.4) is 0 Å². The Labute approximate surface area is 111 Å². The van der Waals surface area contributed by atoms with Crippen LogP contribution in [-0.4, -0.2) is 22.6 Å². The predicted molar refractivity (Wildman–Crippen MR) is 57.0 cm³/mol. The van der Waals surface area contributed by atoms with Gasteiger partial charge in [-0.15, -0.1) is 0 Å². The Morgan fingerprint density at radius 2 is 2.24 bits per heavy atom. The quantitative estimate of drug-likeness (QED) is 0.421. The number of aromatic amines is 1. The zero-order chi connectivity index (χ0) is 11.3. The van der Waals surface area contributed by atoms with Gasteiger partial charge in [0.2, 0.25) is 5.56 Å². The maximum absolute atomic E-state index is 11.7. The summed E-state index contributed by atoms with van der Waals surface area (Å²) in [5.74, 6) is 0.119. The minimum atomic E-state index is -0.419. The molecule has 3 fully saturated rings. The number of carbonyl (C=O) groups excluding carboxylic acids is 1. The molecule has 0 amide bonds. The number of esters is 1. The van der Waals surface area contributed by atoms with Gasteiger partial charge in [-0.25, -0.2) is 4.79 Å². The molecule has 0 saturated heterocycles. The Balaban J connectivity index is 0.000000810. The van der Waals surface area contributed by atoms with Gasteiger partial charge in [0, 0.05) is 18.3 Å². The molecule has 0 aromatic carbocycles. The molecular weight excluding hydrogens is 215 g/mol. The summed E-state index contributed by atoms with van der Waals surface area (Å²) in [5, 5.41) is 0. The summed E-state index contributed by atoms with van der Waals surface area (Å²) in [7, 11) is 0. The Hall–Kier alpha value is -1.02. The summed E-state index contributed by atoms with van der Waals surface area (Å²) in [4.78, 5) is 25.0. The van der Waals surface area contributed by atoms with Crippen molar-refractivity contribution in [1.29, 1.82) is 0 Å². The first-order valence-electron chi connectivity index (χ1n) is 5.28. The van der Waals surface area contributed by atoms with E-state index in [9.17, 15) is 9.59 Å². The van der Waals surface area contributed by atoms with Crippen LogP contribution in [0.2, 0.25) is 0 Å². The molecule has 3 saturated carbocycles. The molecule has 3 N–H and O–H groups in total. The monoisotopic (exact) mass is 228 g/mol. The van der Waals surface area contributed by atoms with Gasteiger partial charge in [0.05, 0.1) is 5.56 Å². The van der Waals surface area contributed by atoms with Crippen LogP contribution in [0.15, 0.2) is 23.1 Å². The predicted octanol–water partition coefficient (Wildman–Crippen LogP) is -2.86. The molecule has 3 aliphatic rings. The molecule has 4 rings (SSSR count). The third kappa shape index (κ3) is 1.75. The summed E-state index contributed by atoms with van der Waals surface area (Å²) in [5.41, 5.74) is 5.52. The second-order valence-electron chi connectivity index (χ2n) is 4.59. The van der Waals surface area contributed by atoms with E-state index in [1.165, 1.54) is 18.3 Å². The Morgan fingerprint density at radius 1 is 1.53 bits per heavy atom. The van der Waals surface area contributed by atoms with Gasteiger partial charge in [-0.3, -0.25) is 4.79 Å². The first kappa shape index (κ1) is 12.4. The SMILES string of the molecule is N[C@@H]1C2CC1(OC(=O)c1ccc(=O)[nH]c1)C2.[H-].[Li+]. The van der Waals surface area contributed by atoms with Crippen molar-refractivity contribution in [2.24, 2.45) is 11.7 Å². The van der Waals surface area contributed by atoms with Gasteiger partial charge in [0.15, 0.2) is 0 Å². The van der Waals surface area contributed by atoms with Crippen LogP contribution in [0.25, 0.3) is 0 Å². The van der Waals surface area contributed by atoms with Crippen molar-refractivity contribution in [1.82, 2.24) is 4.98 Å². The van der Waals surface area contributed by atoms with E-state index in [2.05, 4.69) is 4.98 Å². The fraction of sp³-hybridized carbons (Fsp3) is 0.455. The van der Waals surface area contributed by atoms with E-state index in [0.717, 1.165) is 12.8 Å². The molecule has 0 radical (unpaired) electrons. The maximum atomic E-state index is 11.7. The Morgan fingerprint density at radius 3 is 2.65 bits per heavy atom. The molecule has 1 atom stereocenters. The van der Waals surface area contributed by atoms with Crippen LogP contribution in [-0.2, 0) is 4.74 Å². The van der Waals surface area contributed by atoms with Gasteiger partial charge in [-0.2, -0.15) is 0 Å². The fourth-order valence-electron chi connectivity index (χ4n) is 2.39. The minimum absolute atomic E-state index is 0. The van der Waals surface area contributed by atoms with E-state index in [0.29, 0.717) is 11.5 Å². The molecule has 3 aliphatic carbocycles. The Bertz CT molecular complexity index is 493. The number of H-pyrrole nitrogens is 1. The zero-order valence-corrected chi connectivity index (χ0v) is 9.60. The molecule has 6 heteroatoms. The van der Waals surface area contributed by atoms with Crippen molar-refractivity contribution in [3.05, 3.63) is 34.2 Å². The van der Waals surface area contributed by atoms with Crippen LogP contribution in [0.4, 0.5) is 0 Å². The van der Waals surface area contributed by atoms with Crippen molar-refractivity contribution in [2.75, 3.05) is 0 Å². The third-order valence-corrected chi connectivity index (χ3v) is 3.65. The molecule has 1 heterocycles. The minimum Gasteiger partial charge on any atom is -1.00 e. The van der Waals surface area contributed by atoms with Gasteiger partial charge >= 0.3 is 24.8 Å². The third-order valence-electron chi connectivity index (χ3n) is 3.65. The zero-order valence-electron chi connectivity index (χ0n) is 10.6. The molecule has 5 nitrogen and oxygen atoms in total. The molecule has 17 heavy (non-hydrogen) atoms. The first-order chi connectivity index (χ1) is 7.61. The van der Waals surface area contributed by atoms with E-state index in [1.54, 1.807) is 0 Å². The average Bonchev–Trinajstić information content (AvgIpc) is 2.24. The number of nitrogens with one attached hydrogen (secondary N) is 1. The van der Waals surface area contributed by atoms with Crippen LogP contribution >= 0.6 is 0 Å². The number of hydrogen-bond donors (Lipinski definition) is 2. The number of rotatable bonds is 2. The summed E-state index contributed by atoms with van der Waals surface area (Å²) in [6.07, 6.45) is 3.12.